The average molecular weight is 214 g/mol. The number of carbonyl (C=O) groups excluding carboxylic acids is 1. The van der Waals surface area contributed by atoms with Gasteiger partial charge in [0.25, 0.3) is 5.91 Å². The molecule has 0 aliphatic rings. The monoisotopic (exact) mass is 214 g/mol. The molecule has 0 radical (unpaired) electrons. The van der Waals surface area contributed by atoms with Gasteiger partial charge in [0.2, 0.25) is 0 Å². The van der Waals surface area contributed by atoms with E-state index in [1.807, 2.05) is 48.8 Å². The van der Waals surface area contributed by atoms with Crippen LogP contribution in [0.4, 0.5) is 0 Å². The van der Waals surface area contributed by atoms with Crippen LogP contribution < -0.4 is 5.32 Å². The highest BCUT2D eigenvalue weighted by Gasteiger charge is 2.02. The van der Waals surface area contributed by atoms with Crippen LogP contribution in [-0.4, -0.2) is 17.4 Å². The van der Waals surface area contributed by atoms with Crippen molar-refractivity contribution in [3.8, 4) is 0 Å². The second-order valence-corrected chi connectivity index (χ2v) is 3.59. The molecule has 0 spiro atoms. The fraction of sp³-hybridized carbons (Fsp3) is 0.154. The Kier molecular flexibility index (Phi) is 3.38. The lowest BCUT2D eigenvalue weighted by molar-refractivity contribution is 0.0954. The van der Waals surface area contributed by atoms with Crippen LogP contribution in [0, 0.1) is 0 Å². The average Bonchev–Trinajstić information content (AvgIpc) is 2.83. The largest absolute Gasteiger partial charge is 0.367 e. The van der Waals surface area contributed by atoms with Crippen molar-refractivity contribution in [1.29, 1.82) is 0 Å². The van der Waals surface area contributed by atoms with E-state index >= 15 is 0 Å². The topological polar surface area (TPSA) is 44.9 Å². The minimum atomic E-state index is -0.0175. The van der Waals surface area contributed by atoms with Gasteiger partial charge in [0.1, 0.15) is 0 Å². The first-order chi connectivity index (χ1) is 7.86. The summed E-state index contributed by atoms with van der Waals surface area (Å²) >= 11 is 0. The summed E-state index contributed by atoms with van der Waals surface area (Å²) in [5.41, 5.74) is 1.91. The van der Waals surface area contributed by atoms with Gasteiger partial charge in [0, 0.05) is 24.5 Å². The first-order valence-corrected chi connectivity index (χ1v) is 5.31. The number of nitrogens with one attached hydrogen (secondary N) is 2. The van der Waals surface area contributed by atoms with E-state index in [1.54, 1.807) is 0 Å². The third-order valence-corrected chi connectivity index (χ3v) is 2.40. The molecule has 1 heterocycles. The molecule has 3 heteroatoms. The van der Waals surface area contributed by atoms with Gasteiger partial charge in [-0.15, -0.1) is 0 Å². The van der Waals surface area contributed by atoms with Crippen LogP contribution in [0.1, 0.15) is 15.9 Å². The van der Waals surface area contributed by atoms with E-state index in [-0.39, 0.29) is 5.91 Å². The van der Waals surface area contributed by atoms with Gasteiger partial charge >= 0.3 is 0 Å². The fourth-order valence-corrected chi connectivity index (χ4v) is 1.53. The number of amides is 1. The number of benzene rings is 1. The molecule has 1 amide bonds. The summed E-state index contributed by atoms with van der Waals surface area (Å²) in [5, 5.41) is 2.88. The van der Waals surface area contributed by atoms with Crippen molar-refractivity contribution in [2.45, 2.75) is 6.42 Å². The first kappa shape index (κ1) is 10.5. The molecule has 82 valence electrons. The molecule has 0 aliphatic carbocycles. The predicted octanol–water partition coefficient (Wildman–Crippen LogP) is 1.99. The van der Waals surface area contributed by atoms with E-state index in [9.17, 15) is 4.79 Å². The zero-order valence-electron chi connectivity index (χ0n) is 8.94. The quantitative estimate of drug-likeness (QED) is 0.803. The van der Waals surface area contributed by atoms with Gasteiger partial charge in [-0.1, -0.05) is 18.2 Å². The molecular weight excluding hydrogens is 200 g/mol. The van der Waals surface area contributed by atoms with Crippen molar-refractivity contribution >= 4 is 5.91 Å². The van der Waals surface area contributed by atoms with E-state index < -0.39 is 0 Å². The number of aromatic amines is 1. The summed E-state index contributed by atoms with van der Waals surface area (Å²) in [5.74, 6) is -0.0175. The summed E-state index contributed by atoms with van der Waals surface area (Å²) in [7, 11) is 0. The number of aromatic nitrogens is 1. The summed E-state index contributed by atoms with van der Waals surface area (Å²) in [6.07, 6.45) is 4.67. The molecule has 2 aromatic rings. The van der Waals surface area contributed by atoms with Crippen molar-refractivity contribution in [2.75, 3.05) is 6.54 Å². The maximum atomic E-state index is 11.7. The summed E-state index contributed by atoms with van der Waals surface area (Å²) in [6.45, 7) is 0.658. The van der Waals surface area contributed by atoms with E-state index in [2.05, 4.69) is 10.3 Å². The van der Waals surface area contributed by atoms with Crippen LogP contribution >= 0.6 is 0 Å². The fourth-order valence-electron chi connectivity index (χ4n) is 1.53. The highest BCUT2D eigenvalue weighted by molar-refractivity contribution is 5.94. The molecule has 0 saturated carbocycles. The second kappa shape index (κ2) is 5.16. The first-order valence-electron chi connectivity index (χ1n) is 5.31. The number of H-pyrrole nitrogens is 1. The summed E-state index contributed by atoms with van der Waals surface area (Å²) in [6, 6.07) is 11.3. The van der Waals surface area contributed by atoms with Gasteiger partial charge in [0.05, 0.1) is 0 Å². The van der Waals surface area contributed by atoms with Crippen LogP contribution in [0.5, 0.6) is 0 Å². The maximum Gasteiger partial charge on any atom is 0.251 e. The molecule has 3 nitrogen and oxygen atoms in total. The normalized spacial score (nSPS) is 10.0. The van der Waals surface area contributed by atoms with Crippen LogP contribution in [0.3, 0.4) is 0 Å². The minimum Gasteiger partial charge on any atom is -0.367 e. The molecule has 1 aromatic heterocycles. The minimum absolute atomic E-state index is 0.0175. The Hall–Kier alpha value is -2.03. The van der Waals surface area contributed by atoms with Crippen LogP contribution in [0.15, 0.2) is 48.8 Å². The molecule has 0 unspecified atom stereocenters. The van der Waals surface area contributed by atoms with Gasteiger partial charge in [0.15, 0.2) is 0 Å². The molecule has 0 aliphatic heterocycles. The standard InChI is InChI=1S/C13H14N2O/c16-13(12-4-2-1-3-5-12)15-9-7-11-6-8-14-10-11/h1-6,8,10,14H,7,9H2,(H,15,16). The molecule has 1 aromatic carbocycles. The van der Waals surface area contributed by atoms with Crippen LogP contribution in [0.2, 0.25) is 0 Å². The van der Waals surface area contributed by atoms with Gasteiger partial charge < -0.3 is 10.3 Å². The van der Waals surface area contributed by atoms with Gasteiger partial charge in [-0.05, 0) is 30.2 Å². The number of hydrogen-bond acceptors (Lipinski definition) is 1. The Morgan fingerprint density at radius 3 is 2.69 bits per heavy atom. The summed E-state index contributed by atoms with van der Waals surface area (Å²) in [4.78, 5) is 14.6. The van der Waals surface area contributed by atoms with Crippen molar-refractivity contribution < 1.29 is 4.79 Å². The van der Waals surface area contributed by atoms with Crippen molar-refractivity contribution in [1.82, 2.24) is 10.3 Å². The SMILES string of the molecule is O=C(NCCc1cc[nH]c1)c1ccccc1. The van der Waals surface area contributed by atoms with E-state index in [1.165, 1.54) is 5.56 Å². The number of rotatable bonds is 4. The van der Waals surface area contributed by atoms with Crippen molar-refractivity contribution in [2.24, 2.45) is 0 Å². The van der Waals surface area contributed by atoms with Crippen molar-refractivity contribution in [3.63, 3.8) is 0 Å². The molecule has 0 bridgehead atoms. The zero-order chi connectivity index (χ0) is 11.2. The third kappa shape index (κ3) is 2.73. The Bertz CT molecular complexity index is 434. The number of hydrogen-bond donors (Lipinski definition) is 2. The molecule has 0 atom stereocenters. The molecule has 16 heavy (non-hydrogen) atoms. The highest BCUT2D eigenvalue weighted by Crippen LogP contribution is 1.99. The molecule has 2 rings (SSSR count). The molecule has 0 fully saturated rings. The lowest BCUT2D eigenvalue weighted by atomic mass is 10.2. The van der Waals surface area contributed by atoms with E-state index in [0.29, 0.717) is 12.1 Å². The Balaban J connectivity index is 1.81. The van der Waals surface area contributed by atoms with Crippen LogP contribution in [-0.2, 0) is 6.42 Å². The third-order valence-electron chi connectivity index (χ3n) is 2.40. The van der Waals surface area contributed by atoms with E-state index in [4.69, 9.17) is 0 Å². The molecule has 0 saturated heterocycles. The lowest BCUT2D eigenvalue weighted by Crippen LogP contribution is -2.25. The second-order valence-electron chi connectivity index (χ2n) is 3.59. The van der Waals surface area contributed by atoms with Gasteiger partial charge in [-0.2, -0.15) is 0 Å². The Morgan fingerprint density at radius 1 is 1.19 bits per heavy atom. The Labute approximate surface area is 94.5 Å². The summed E-state index contributed by atoms with van der Waals surface area (Å²) < 4.78 is 0. The smallest absolute Gasteiger partial charge is 0.251 e. The predicted molar refractivity (Wildman–Crippen MR) is 63.3 cm³/mol. The van der Waals surface area contributed by atoms with Crippen LogP contribution in [0.25, 0.3) is 0 Å². The highest BCUT2D eigenvalue weighted by atomic mass is 16.1. The van der Waals surface area contributed by atoms with Gasteiger partial charge in [-0.25, -0.2) is 0 Å². The lowest BCUT2D eigenvalue weighted by Gasteiger charge is -2.03. The van der Waals surface area contributed by atoms with Gasteiger partial charge in [-0.3, -0.25) is 4.79 Å². The zero-order valence-corrected chi connectivity index (χ0v) is 8.94. The van der Waals surface area contributed by atoms with E-state index in [0.717, 1.165) is 6.42 Å². The molecular formula is C13H14N2O. The molecule has 2 N–H and O–H groups in total. The Morgan fingerprint density at radius 2 is 2.00 bits per heavy atom. The van der Waals surface area contributed by atoms with Crippen molar-refractivity contribution in [3.05, 3.63) is 59.9 Å². The maximum absolute atomic E-state index is 11.7. The number of carbonyl (C=O) groups is 1.